The summed E-state index contributed by atoms with van der Waals surface area (Å²) in [6, 6.07) is 11.7. The van der Waals surface area contributed by atoms with Crippen LogP contribution in [0, 0.1) is 0 Å². The Morgan fingerprint density at radius 3 is 3.00 bits per heavy atom. The number of nitrogens with zero attached hydrogens (tertiary/aromatic N) is 1. The Labute approximate surface area is 118 Å². The number of hydrogen-bond donors (Lipinski definition) is 2. The molecule has 4 nitrogen and oxygen atoms in total. The number of pyridine rings is 1. The van der Waals surface area contributed by atoms with Crippen LogP contribution in [0.1, 0.15) is 23.5 Å². The van der Waals surface area contributed by atoms with Crippen LogP contribution in [-0.4, -0.2) is 17.3 Å². The van der Waals surface area contributed by atoms with Gasteiger partial charge in [0.2, 0.25) is 0 Å². The van der Waals surface area contributed by atoms with Gasteiger partial charge >= 0.3 is 0 Å². The lowest BCUT2D eigenvalue weighted by Gasteiger charge is -2.25. The molecule has 3 rings (SSSR count). The Kier molecular flexibility index (Phi) is 3.37. The molecule has 0 saturated heterocycles. The maximum Gasteiger partial charge on any atom is 0.144 e. The number of nitrogens with two attached hydrogens (primary N) is 1. The van der Waals surface area contributed by atoms with Gasteiger partial charge in [0.1, 0.15) is 11.6 Å². The molecule has 2 heterocycles. The standard InChI is InChI=1S/C16H17N3O/c17-16-11(4-3-8-19-16)10-15(20)13-7-9-18-14-6-2-1-5-12(13)14/h1-6,8,13,18H,7,9-10H2,(H2,17,19). The largest absolute Gasteiger partial charge is 0.385 e. The van der Waals surface area contributed by atoms with Gasteiger partial charge in [-0.1, -0.05) is 24.3 Å². The van der Waals surface area contributed by atoms with Gasteiger partial charge in [0.05, 0.1) is 0 Å². The van der Waals surface area contributed by atoms with Crippen molar-refractivity contribution in [3.05, 3.63) is 53.7 Å². The van der Waals surface area contributed by atoms with E-state index in [4.69, 9.17) is 5.73 Å². The van der Waals surface area contributed by atoms with E-state index < -0.39 is 0 Å². The van der Waals surface area contributed by atoms with Gasteiger partial charge in [0.15, 0.2) is 0 Å². The Hall–Kier alpha value is -2.36. The number of ketones is 1. The molecule has 1 aliphatic heterocycles. The van der Waals surface area contributed by atoms with Gasteiger partial charge in [0, 0.05) is 36.3 Å². The van der Waals surface area contributed by atoms with Crippen LogP contribution in [0.25, 0.3) is 0 Å². The van der Waals surface area contributed by atoms with Crippen LogP contribution in [0.4, 0.5) is 11.5 Å². The minimum Gasteiger partial charge on any atom is -0.385 e. The highest BCUT2D eigenvalue weighted by atomic mass is 16.1. The fourth-order valence-corrected chi connectivity index (χ4v) is 2.71. The quantitative estimate of drug-likeness (QED) is 0.896. The number of Topliss-reactive ketones (excluding diaryl/α,β-unsaturated/α-hetero) is 1. The van der Waals surface area contributed by atoms with Crippen LogP contribution in [-0.2, 0) is 11.2 Å². The zero-order chi connectivity index (χ0) is 13.9. The first-order valence-electron chi connectivity index (χ1n) is 6.80. The minimum absolute atomic E-state index is 0.0490. The summed E-state index contributed by atoms with van der Waals surface area (Å²) in [7, 11) is 0. The maximum atomic E-state index is 12.6. The highest BCUT2D eigenvalue weighted by Crippen LogP contribution is 2.32. The summed E-state index contributed by atoms with van der Waals surface area (Å²) < 4.78 is 0. The van der Waals surface area contributed by atoms with Crippen LogP contribution < -0.4 is 11.1 Å². The second-order valence-electron chi connectivity index (χ2n) is 5.05. The topological polar surface area (TPSA) is 68.0 Å². The minimum atomic E-state index is -0.0490. The number of hydrogen-bond acceptors (Lipinski definition) is 4. The molecule has 1 unspecified atom stereocenters. The Morgan fingerprint density at radius 2 is 2.15 bits per heavy atom. The predicted molar refractivity (Wildman–Crippen MR) is 79.7 cm³/mol. The summed E-state index contributed by atoms with van der Waals surface area (Å²) in [4.78, 5) is 16.6. The van der Waals surface area contributed by atoms with E-state index in [0.717, 1.165) is 29.8 Å². The lowest BCUT2D eigenvalue weighted by atomic mass is 9.85. The summed E-state index contributed by atoms with van der Waals surface area (Å²) in [6.45, 7) is 0.829. The van der Waals surface area contributed by atoms with E-state index in [9.17, 15) is 4.79 Å². The highest BCUT2D eigenvalue weighted by molar-refractivity contribution is 5.90. The molecule has 20 heavy (non-hydrogen) atoms. The number of nitrogens with one attached hydrogen (secondary N) is 1. The number of fused-ring (bicyclic) bond motifs is 1. The Bertz CT molecular complexity index is 639. The SMILES string of the molecule is Nc1ncccc1CC(=O)C1CCNc2ccccc21. The number of carbonyl (C=O) groups excluding carboxylic acids is 1. The number of carbonyl (C=O) groups is 1. The normalized spacial score (nSPS) is 17.1. The average Bonchev–Trinajstić information content (AvgIpc) is 2.49. The van der Waals surface area contributed by atoms with Gasteiger partial charge in [-0.3, -0.25) is 4.79 Å². The smallest absolute Gasteiger partial charge is 0.144 e. The molecule has 102 valence electrons. The Balaban J connectivity index is 1.84. The number of para-hydroxylation sites is 1. The molecule has 1 aliphatic rings. The van der Waals surface area contributed by atoms with Crippen molar-refractivity contribution in [2.45, 2.75) is 18.8 Å². The fourth-order valence-electron chi connectivity index (χ4n) is 2.71. The third-order valence-corrected chi connectivity index (χ3v) is 3.76. The van der Waals surface area contributed by atoms with Gasteiger partial charge in [-0.25, -0.2) is 4.98 Å². The van der Waals surface area contributed by atoms with E-state index in [1.807, 2.05) is 36.4 Å². The van der Waals surface area contributed by atoms with Gasteiger partial charge in [0.25, 0.3) is 0 Å². The zero-order valence-electron chi connectivity index (χ0n) is 11.2. The van der Waals surface area contributed by atoms with E-state index in [0.29, 0.717) is 12.2 Å². The van der Waals surface area contributed by atoms with E-state index in [1.165, 1.54) is 0 Å². The van der Waals surface area contributed by atoms with Crippen LogP contribution in [0.15, 0.2) is 42.6 Å². The lowest BCUT2D eigenvalue weighted by Crippen LogP contribution is -2.24. The van der Waals surface area contributed by atoms with Gasteiger partial charge in [-0.05, 0) is 24.1 Å². The molecule has 0 spiro atoms. The van der Waals surface area contributed by atoms with E-state index >= 15 is 0 Å². The maximum absolute atomic E-state index is 12.6. The summed E-state index contributed by atoms with van der Waals surface area (Å²) in [6.07, 6.45) is 2.82. The van der Waals surface area contributed by atoms with E-state index in [-0.39, 0.29) is 11.7 Å². The average molecular weight is 267 g/mol. The third kappa shape index (κ3) is 2.37. The second-order valence-corrected chi connectivity index (χ2v) is 5.05. The second kappa shape index (κ2) is 5.33. The Morgan fingerprint density at radius 1 is 1.30 bits per heavy atom. The molecule has 0 radical (unpaired) electrons. The van der Waals surface area contributed by atoms with Crippen molar-refractivity contribution in [3.8, 4) is 0 Å². The van der Waals surface area contributed by atoms with Crippen LogP contribution in [0.2, 0.25) is 0 Å². The molecule has 0 bridgehead atoms. The van der Waals surface area contributed by atoms with Crippen molar-refractivity contribution in [3.63, 3.8) is 0 Å². The summed E-state index contributed by atoms with van der Waals surface area (Å²) in [5, 5.41) is 3.33. The zero-order valence-corrected chi connectivity index (χ0v) is 11.2. The van der Waals surface area contributed by atoms with Crippen molar-refractivity contribution in [2.75, 3.05) is 17.6 Å². The third-order valence-electron chi connectivity index (χ3n) is 3.76. The van der Waals surface area contributed by atoms with Crippen LogP contribution in [0.5, 0.6) is 0 Å². The molecular formula is C16H17N3O. The van der Waals surface area contributed by atoms with Crippen LogP contribution in [0.3, 0.4) is 0 Å². The van der Waals surface area contributed by atoms with Crippen LogP contribution >= 0.6 is 0 Å². The van der Waals surface area contributed by atoms with Gasteiger partial charge in [-0.15, -0.1) is 0 Å². The molecule has 1 aromatic heterocycles. The van der Waals surface area contributed by atoms with Crippen molar-refractivity contribution in [1.82, 2.24) is 4.98 Å². The summed E-state index contributed by atoms with van der Waals surface area (Å²) >= 11 is 0. The van der Waals surface area contributed by atoms with E-state index in [2.05, 4.69) is 10.3 Å². The lowest BCUT2D eigenvalue weighted by molar-refractivity contribution is -0.120. The van der Waals surface area contributed by atoms with Crippen molar-refractivity contribution < 1.29 is 4.79 Å². The molecule has 0 saturated carbocycles. The number of benzene rings is 1. The fraction of sp³-hybridized carbons (Fsp3) is 0.250. The molecule has 0 aliphatic carbocycles. The van der Waals surface area contributed by atoms with Gasteiger partial charge < -0.3 is 11.1 Å². The number of anilines is 2. The number of nitrogen functional groups attached to an aromatic ring is 1. The molecule has 0 amide bonds. The molecule has 1 atom stereocenters. The molecule has 4 heteroatoms. The molecule has 3 N–H and O–H groups in total. The molecular weight excluding hydrogens is 250 g/mol. The number of rotatable bonds is 3. The van der Waals surface area contributed by atoms with E-state index in [1.54, 1.807) is 6.20 Å². The highest BCUT2D eigenvalue weighted by Gasteiger charge is 2.26. The first-order chi connectivity index (χ1) is 9.75. The van der Waals surface area contributed by atoms with Crippen molar-refractivity contribution in [1.29, 1.82) is 0 Å². The van der Waals surface area contributed by atoms with Crippen molar-refractivity contribution in [2.24, 2.45) is 0 Å². The predicted octanol–water partition coefficient (Wildman–Crippen LogP) is 2.37. The summed E-state index contributed by atoms with van der Waals surface area (Å²) in [5.74, 6) is 0.605. The van der Waals surface area contributed by atoms with Crippen molar-refractivity contribution >= 4 is 17.3 Å². The first-order valence-corrected chi connectivity index (χ1v) is 6.80. The summed E-state index contributed by atoms with van der Waals surface area (Å²) in [5.41, 5.74) is 8.79. The first kappa shape index (κ1) is 12.7. The molecule has 1 aromatic carbocycles. The molecule has 2 aromatic rings. The number of aromatic nitrogens is 1. The monoisotopic (exact) mass is 267 g/mol. The van der Waals surface area contributed by atoms with Gasteiger partial charge in [-0.2, -0.15) is 0 Å². The molecule has 0 fully saturated rings.